The number of carboxylic acids is 1. The van der Waals surface area contributed by atoms with Crippen molar-refractivity contribution < 1.29 is 23.5 Å². The molecular formula is C14H14F2NO3-. The van der Waals surface area contributed by atoms with Crippen LogP contribution in [-0.4, -0.2) is 11.9 Å². The minimum absolute atomic E-state index is 0.108. The van der Waals surface area contributed by atoms with E-state index >= 15 is 0 Å². The minimum Gasteiger partial charge on any atom is -0.550 e. The van der Waals surface area contributed by atoms with Crippen LogP contribution in [0.1, 0.15) is 25.7 Å². The number of amides is 1. The molecule has 0 radical (unpaired) electrons. The molecule has 0 bridgehead atoms. The maximum absolute atomic E-state index is 13.0. The van der Waals surface area contributed by atoms with E-state index < -0.39 is 35.3 Å². The van der Waals surface area contributed by atoms with Gasteiger partial charge in [-0.15, -0.1) is 0 Å². The Balaban J connectivity index is 2.09. The Morgan fingerprint density at radius 1 is 1.10 bits per heavy atom. The third-order valence-electron chi connectivity index (χ3n) is 3.59. The molecule has 1 aromatic carbocycles. The number of carbonyl (C=O) groups is 2. The highest BCUT2D eigenvalue weighted by atomic mass is 19.2. The first kappa shape index (κ1) is 14.4. The van der Waals surface area contributed by atoms with Crippen molar-refractivity contribution in [3.05, 3.63) is 29.8 Å². The van der Waals surface area contributed by atoms with E-state index in [1.54, 1.807) is 0 Å². The maximum Gasteiger partial charge on any atom is 0.228 e. The second-order valence-corrected chi connectivity index (χ2v) is 4.93. The molecule has 1 amide bonds. The minimum atomic E-state index is -1.24. The number of carboxylic acid groups (broad SMARTS) is 1. The van der Waals surface area contributed by atoms with E-state index in [1.165, 1.54) is 6.07 Å². The summed E-state index contributed by atoms with van der Waals surface area (Å²) in [5.41, 5.74) is 0.108. The molecule has 0 saturated heterocycles. The Hall–Kier alpha value is -1.98. The first-order chi connectivity index (χ1) is 9.49. The van der Waals surface area contributed by atoms with Crippen molar-refractivity contribution >= 4 is 17.6 Å². The molecule has 1 aliphatic carbocycles. The summed E-state index contributed by atoms with van der Waals surface area (Å²) in [5, 5.41) is 13.4. The summed E-state index contributed by atoms with van der Waals surface area (Å²) in [4.78, 5) is 23.1. The topological polar surface area (TPSA) is 69.2 Å². The van der Waals surface area contributed by atoms with E-state index in [4.69, 9.17) is 0 Å². The van der Waals surface area contributed by atoms with E-state index in [-0.39, 0.29) is 5.69 Å². The molecule has 1 saturated carbocycles. The van der Waals surface area contributed by atoms with Gasteiger partial charge >= 0.3 is 0 Å². The van der Waals surface area contributed by atoms with Crippen LogP contribution in [0, 0.1) is 23.5 Å². The highest BCUT2D eigenvalue weighted by molar-refractivity contribution is 5.95. The molecule has 2 atom stereocenters. The van der Waals surface area contributed by atoms with Crippen molar-refractivity contribution in [2.45, 2.75) is 25.7 Å². The van der Waals surface area contributed by atoms with Crippen LogP contribution in [0.15, 0.2) is 18.2 Å². The Morgan fingerprint density at radius 3 is 2.35 bits per heavy atom. The zero-order valence-corrected chi connectivity index (χ0v) is 10.7. The van der Waals surface area contributed by atoms with Gasteiger partial charge in [0.05, 0.1) is 0 Å². The lowest BCUT2D eigenvalue weighted by atomic mass is 9.78. The van der Waals surface area contributed by atoms with Crippen molar-refractivity contribution in [3.8, 4) is 0 Å². The van der Waals surface area contributed by atoms with Crippen molar-refractivity contribution in [2.24, 2.45) is 11.8 Å². The maximum atomic E-state index is 13.0. The zero-order valence-electron chi connectivity index (χ0n) is 10.7. The van der Waals surface area contributed by atoms with Crippen LogP contribution in [0.2, 0.25) is 0 Å². The molecule has 2 rings (SSSR count). The third-order valence-corrected chi connectivity index (χ3v) is 3.59. The molecule has 1 N–H and O–H groups in total. The number of benzene rings is 1. The third kappa shape index (κ3) is 3.12. The van der Waals surface area contributed by atoms with Gasteiger partial charge in [-0.05, 0) is 25.0 Å². The average molecular weight is 282 g/mol. The summed E-state index contributed by atoms with van der Waals surface area (Å²) < 4.78 is 25.8. The molecule has 1 aliphatic rings. The van der Waals surface area contributed by atoms with Gasteiger partial charge in [0.25, 0.3) is 0 Å². The lowest BCUT2D eigenvalue weighted by molar-refractivity contribution is -0.313. The average Bonchev–Trinajstić information content (AvgIpc) is 2.43. The van der Waals surface area contributed by atoms with Crippen LogP contribution >= 0.6 is 0 Å². The SMILES string of the molecule is O=C(Nc1ccc(F)c(F)c1)[C@H]1CCCC[C@H]1C(=O)[O-]. The standard InChI is InChI=1S/C14H15F2NO3/c15-11-6-5-8(7-12(11)16)17-13(18)9-3-1-2-4-10(9)14(19)20/h5-7,9-10H,1-4H2,(H,17,18)(H,19,20)/p-1/t9-,10+/m0/s1. The summed E-state index contributed by atoms with van der Waals surface area (Å²) in [6.45, 7) is 0. The van der Waals surface area contributed by atoms with E-state index in [9.17, 15) is 23.5 Å². The summed E-state index contributed by atoms with van der Waals surface area (Å²) in [5.74, 6) is -5.33. The van der Waals surface area contributed by atoms with E-state index in [0.717, 1.165) is 25.0 Å². The Bertz CT molecular complexity index is 533. The molecule has 1 aromatic rings. The number of anilines is 1. The van der Waals surface area contributed by atoms with E-state index in [1.807, 2.05) is 0 Å². The van der Waals surface area contributed by atoms with Crippen LogP contribution in [-0.2, 0) is 9.59 Å². The van der Waals surface area contributed by atoms with Gasteiger partial charge in [-0.25, -0.2) is 8.78 Å². The van der Waals surface area contributed by atoms with Crippen molar-refractivity contribution in [2.75, 3.05) is 5.32 Å². The summed E-state index contributed by atoms with van der Waals surface area (Å²) in [7, 11) is 0. The van der Waals surface area contributed by atoms with Crippen LogP contribution in [0.3, 0.4) is 0 Å². The first-order valence-corrected chi connectivity index (χ1v) is 6.46. The Kier molecular flexibility index (Phi) is 4.32. The molecule has 0 spiro atoms. The van der Waals surface area contributed by atoms with Gasteiger partial charge in [0.15, 0.2) is 11.6 Å². The van der Waals surface area contributed by atoms with Gasteiger partial charge < -0.3 is 15.2 Å². The summed E-state index contributed by atoms with van der Waals surface area (Å²) in [6.07, 6.45) is 2.36. The van der Waals surface area contributed by atoms with Crippen LogP contribution in [0.25, 0.3) is 0 Å². The van der Waals surface area contributed by atoms with Crippen LogP contribution in [0.4, 0.5) is 14.5 Å². The Labute approximate surface area is 114 Å². The quantitative estimate of drug-likeness (QED) is 0.912. The molecule has 1 fully saturated rings. The number of hydrogen-bond donors (Lipinski definition) is 1. The molecule has 0 aliphatic heterocycles. The number of rotatable bonds is 3. The Morgan fingerprint density at radius 2 is 1.75 bits per heavy atom. The van der Waals surface area contributed by atoms with Gasteiger partial charge in [0.2, 0.25) is 5.91 Å². The van der Waals surface area contributed by atoms with Gasteiger partial charge in [-0.1, -0.05) is 12.8 Å². The largest absolute Gasteiger partial charge is 0.550 e. The molecule has 108 valence electrons. The normalized spacial score (nSPS) is 22.3. The molecule has 4 nitrogen and oxygen atoms in total. The van der Waals surface area contributed by atoms with E-state index in [0.29, 0.717) is 12.8 Å². The molecule has 0 unspecified atom stereocenters. The number of hydrogen-bond acceptors (Lipinski definition) is 3. The lowest BCUT2D eigenvalue weighted by Gasteiger charge is -2.31. The molecular weight excluding hydrogens is 268 g/mol. The second-order valence-electron chi connectivity index (χ2n) is 4.93. The lowest BCUT2D eigenvalue weighted by Crippen LogP contribution is -2.42. The molecule has 0 heterocycles. The fourth-order valence-electron chi connectivity index (χ4n) is 2.54. The monoisotopic (exact) mass is 282 g/mol. The predicted molar refractivity (Wildman–Crippen MR) is 65.4 cm³/mol. The number of nitrogens with one attached hydrogen (secondary N) is 1. The zero-order chi connectivity index (χ0) is 14.7. The highest BCUT2D eigenvalue weighted by Crippen LogP contribution is 2.30. The van der Waals surface area contributed by atoms with E-state index in [2.05, 4.69) is 5.32 Å². The highest BCUT2D eigenvalue weighted by Gasteiger charge is 2.31. The van der Waals surface area contributed by atoms with Crippen molar-refractivity contribution in [3.63, 3.8) is 0 Å². The fourth-order valence-corrected chi connectivity index (χ4v) is 2.54. The summed E-state index contributed by atoms with van der Waals surface area (Å²) in [6, 6.07) is 3.00. The van der Waals surface area contributed by atoms with Crippen molar-refractivity contribution in [1.29, 1.82) is 0 Å². The second kappa shape index (κ2) is 5.98. The molecule has 0 aromatic heterocycles. The smallest absolute Gasteiger partial charge is 0.228 e. The number of aliphatic carboxylic acids is 1. The van der Waals surface area contributed by atoms with Gasteiger partial charge in [-0.2, -0.15) is 0 Å². The fraction of sp³-hybridized carbons (Fsp3) is 0.429. The molecule has 20 heavy (non-hydrogen) atoms. The predicted octanol–water partition coefficient (Wildman–Crippen LogP) is 1.46. The van der Waals surface area contributed by atoms with Crippen molar-refractivity contribution in [1.82, 2.24) is 0 Å². The van der Waals surface area contributed by atoms with Crippen LogP contribution < -0.4 is 10.4 Å². The van der Waals surface area contributed by atoms with Crippen LogP contribution in [0.5, 0.6) is 0 Å². The van der Waals surface area contributed by atoms with Gasteiger partial charge in [0, 0.05) is 29.6 Å². The first-order valence-electron chi connectivity index (χ1n) is 6.46. The summed E-state index contributed by atoms with van der Waals surface area (Å²) >= 11 is 0. The van der Waals surface area contributed by atoms with Gasteiger partial charge in [0.1, 0.15) is 0 Å². The van der Waals surface area contributed by atoms with Gasteiger partial charge in [-0.3, -0.25) is 4.79 Å². The number of carbonyl (C=O) groups excluding carboxylic acids is 2. The number of halogens is 2. The molecule has 6 heteroatoms.